The van der Waals surface area contributed by atoms with Gasteiger partial charge >= 0.3 is 0 Å². The van der Waals surface area contributed by atoms with Crippen molar-refractivity contribution in [3.63, 3.8) is 0 Å². The molecule has 1 atom stereocenters. The van der Waals surface area contributed by atoms with Crippen LogP contribution in [0.2, 0.25) is 0 Å². The van der Waals surface area contributed by atoms with Crippen LogP contribution in [0.25, 0.3) is 0 Å². The van der Waals surface area contributed by atoms with Gasteiger partial charge in [0.2, 0.25) is 5.92 Å². The second-order valence-electron chi connectivity index (χ2n) is 6.12. The van der Waals surface area contributed by atoms with Gasteiger partial charge in [0, 0.05) is 32.1 Å². The van der Waals surface area contributed by atoms with Crippen molar-refractivity contribution < 1.29 is 13.5 Å². The Balaban J connectivity index is 1.92. The molecule has 0 spiro atoms. The fourth-order valence-electron chi connectivity index (χ4n) is 3.53. The number of alkyl halides is 2. The minimum absolute atomic E-state index is 0.0746. The third-order valence-corrected chi connectivity index (χ3v) is 4.67. The van der Waals surface area contributed by atoms with Gasteiger partial charge in [-0.25, -0.2) is 8.78 Å². The number of halogens is 2. The first kappa shape index (κ1) is 15.2. The lowest BCUT2D eigenvalue weighted by atomic mass is 9.75. The Morgan fingerprint density at radius 3 is 2.26 bits per heavy atom. The molecule has 2 rings (SSSR count). The quantitative estimate of drug-likeness (QED) is 0.827. The molecule has 1 N–H and O–H groups in total. The van der Waals surface area contributed by atoms with E-state index in [1.807, 2.05) is 0 Å². The largest absolute Gasteiger partial charge is 0.381 e. The number of ether oxygens (including phenoxy) is 1. The molecule has 0 bridgehead atoms. The summed E-state index contributed by atoms with van der Waals surface area (Å²) in [4.78, 5) is 0. The van der Waals surface area contributed by atoms with Gasteiger partial charge < -0.3 is 10.1 Å². The van der Waals surface area contributed by atoms with Crippen molar-refractivity contribution in [2.45, 2.75) is 63.8 Å². The van der Waals surface area contributed by atoms with Gasteiger partial charge in [0.15, 0.2) is 0 Å². The van der Waals surface area contributed by atoms with Gasteiger partial charge in [-0.1, -0.05) is 6.92 Å². The molecule has 1 heterocycles. The molecule has 0 aromatic rings. The Kier molecular flexibility index (Phi) is 5.58. The zero-order chi connectivity index (χ0) is 13.7. The fourth-order valence-corrected chi connectivity index (χ4v) is 3.53. The number of hydrogen-bond donors (Lipinski definition) is 1. The molecule has 112 valence electrons. The SMILES string of the molecule is CCCNC(C1CCOCC1)C1CCC(F)(F)CC1. The van der Waals surface area contributed by atoms with Crippen LogP contribution in [0.3, 0.4) is 0 Å². The molecule has 1 aliphatic carbocycles. The predicted octanol–water partition coefficient (Wildman–Crippen LogP) is 3.61. The van der Waals surface area contributed by atoms with E-state index in [1.54, 1.807) is 0 Å². The summed E-state index contributed by atoms with van der Waals surface area (Å²) in [5.41, 5.74) is 0. The van der Waals surface area contributed by atoms with Crippen molar-refractivity contribution in [1.29, 1.82) is 0 Å². The van der Waals surface area contributed by atoms with Crippen LogP contribution >= 0.6 is 0 Å². The monoisotopic (exact) mass is 275 g/mol. The van der Waals surface area contributed by atoms with Crippen molar-refractivity contribution in [2.75, 3.05) is 19.8 Å². The molecule has 1 saturated heterocycles. The Morgan fingerprint density at radius 1 is 1.11 bits per heavy atom. The minimum atomic E-state index is -2.42. The highest BCUT2D eigenvalue weighted by atomic mass is 19.3. The molecule has 19 heavy (non-hydrogen) atoms. The molecule has 2 fully saturated rings. The molecule has 4 heteroatoms. The van der Waals surface area contributed by atoms with E-state index in [-0.39, 0.29) is 12.8 Å². The lowest BCUT2D eigenvalue weighted by Crippen LogP contribution is -2.46. The summed E-state index contributed by atoms with van der Waals surface area (Å²) < 4.78 is 32.0. The lowest BCUT2D eigenvalue weighted by molar-refractivity contribution is -0.0554. The van der Waals surface area contributed by atoms with E-state index < -0.39 is 5.92 Å². The molecule has 0 amide bonds. The third-order valence-electron chi connectivity index (χ3n) is 4.67. The first-order chi connectivity index (χ1) is 9.12. The molecule has 2 aliphatic rings. The lowest BCUT2D eigenvalue weighted by Gasteiger charge is -2.40. The van der Waals surface area contributed by atoms with E-state index in [9.17, 15) is 8.78 Å². The van der Waals surface area contributed by atoms with Crippen LogP contribution in [0.15, 0.2) is 0 Å². The molecule has 0 aromatic heterocycles. The Labute approximate surface area is 115 Å². The van der Waals surface area contributed by atoms with E-state index in [0.29, 0.717) is 30.7 Å². The summed E-state index contributed by atoms with van der Waals surface area (Å²) in [6, 6.07) is 0.417. The number of rotatable bonds is 5. The average Bonchev–Trinajstić information content (AvgIpc) is 2.42. The molecule has 1 unspecified atom stereocenters. The van der Waals surface area contributed by atoms with Gasteiger partial charge in [0.05, 0.1) is 0 Å². The summed E-state index contributed by atoms with van der Waals surface area (Å²) in [5.74, 6) is -1.38. The normalized spacial score (nSPS) is 27.3. The Bertz CT molecular complexity index is 257. The van der Waals surface area contributed by atoms with Crippen LogP contribution in [0.4, 0.5) is 8.78 Å². The summed E-state index contributed by atoms with van der Waals surface area (Å²) >= 11 is 0. The topological polar surface area (TPSA) is 21.3 Å². The van der Waals surface area contributed by atoms with Crippen LogP contribution < -0.4 is 5.32 Å². The van der Waals surface area contributed by atoms with Crippen molar-refractivity contribution in [2.24, 2.45) is 11.8 Å². The predicted molar refractivity (Wildman–Crippen MR) is 72.5 cm³/mol. The number of nitrogens with one attached hydrogen (secondary N) is 1. The summed E-state index contributed by atoms with van der Waals surface area (Å²) in [7, 11) is 0. The van der Waals surface area contributed by atoms with Gasteiger partial charge in [-0.05, 0) is 50.5 Å². The Morgan fingerprint density at radius 2 is 1.68 bits per heavy atom. The van der Waals surface area contributed by atoms with Gasteiger partial charge in [-0.2, -0.15) is 0 Å². The van der Waals surface area contributed by atoms with Crippen LogP contribution in [0, 0.1) is 11.8 Å². The van der Waals surface area contributed by atoms with Gasteiger partial charge in [0.1, 0.15) is 0 Å². The first-order valence-corrected chi connectivity index (χ1v) is 7.81. The standard InChI is InChI=1S/C15H27F2NO/c1-2-9-18-14(13-5-10-19-11-6-13)12-3-7-15(16,17)8-4-12/h12-14,18H,2-11H2,1H3. The Hall–Kier alpha value is -0.220. The van der Waals surface area contributed by atoms with E-state index >= 15 is 0 Å². The van der Waals surface area contributed by atoms with E-state index in [1.165, 1.54) is 0 Å². The second kappa shape index (κ2) is 6.98. The average molecular weight is 275 g/mol. The first-order valence-electron chi connectivity index (χ1n) is 7.81. The second-order valence-corrected chi connectivity index (χ2v) is 6.12. The van der Waals surface area contributed by atoms with Crippen molar-refractivity contribution >= 4 is 0 Å². The summed E-state index contributed by atoms with van der Waals surface area (Å²) in [6.07, 6.45) is 4.75. The van der Waals surface area contributed by atoms with Crippen LogP contribution in [-0.2, 0) is 4.74 Å². The highest BCUT2D eigenvalue weighted by molar-refractivity contribution is 4.89. The van der Waals surface area contributed by atoms with Crippen molar-refractivity contribution in [1.82, 2.24) is 5.32 Å². The van der Waals surface area contributed by atoms with Crippen LogP contribution in [0.5, 0.6) is 0 Å². The molecule has 2 nitrogen and oxygen atoms in total. The van der Waals surface area contributed by atoms with Crippen LogP contribution in [0.1, 0.15) is 51.9 Å². The van der Waals surface area contributed by atoms with E-state index in [4.69, 9.17) is 4.74 Å². The molecule has 1 saturated carbocycles. The maximum absolute atomic E-state index is 13.3. The van der Waals surface area contributed by atoms with Crippen LogP contribution in [-0.4, -0.2) is 31.7 Å². The van der Waals surface area contributed by atoms with Gasteiger partial charge in [-0.3, -0.25) is 0 Å². The summed E-state index contributed by atoms with van der Waals surface area (Å²) in [5, 5.41) is 3.64. The molecule has 0 radical (unpaired) electrons. The smallest absolute Gasteiger partial charge is 0.248 e. The molecule has 1 aliphatic heterocycles. The third kappa shape index (κ3) is 4.38. The maximum atomic E-state index is 13.3. The van der Waals surface area contributed by atoms with E-state index in [0.717, 1.165) is 39.0 Å². The zero-order valence-corrected chi connectivity index (χ0v) is 12.0. The highest BCUT2D eigenvalue weighted by Crippen LogP contribution is 2.40. The maximum Gasteiger partial charge on any atom is 0.248 e. The molecular formula is C15H27F2NO. The highest BCUT2D eigenvalue weighted by Gasteiger charge is 2.39. The van der Waals surface area contributed by atoms with Gasteiger partial charge in [-0.15, -0.1) is 0 Å². The molecule has 0 aromatic carbocycles. The summed E-state index contributed by atoms with van der Waals surface area (Å²) in [6.45, 7) is 4.81. The minimum Gasteiger partial charge on any atom is -0.381 e. The van der Waals surface area contributed by atoms with Gasteiger partial charge in [0.25, 0.3) is 0 Å². The van der Waals surface area contributed by atoms with Crippen molar-refractivity contribution in [3.8, 4) is 0 Å². The molecular weight excluding hydrogens is 248 g/mol. The zero-order valence-electron chi connectivity index (χ0n) is 12.0. The fraction of sp³-hybridized carbons (Fsp3) is 1.00. The number of hydrogen-bond acceptors (Lipinski definition) is 2. The van der Waals surface area contributed by atoms with E-state index in [2.05, 4.69) is 12.2 Å². The van der Waals surface area contributed by atoms with Crippen molar-refractivity contribution in [3.05, 3.63) is 0 Å².